The molecule has 8 heteroatoms. The van der Waals surface area contributed by atoms with Crippen LogP contribution < -0.4 is 5.32 Å². The predicted molar refractivity (Wildman–Crippen MR) is 85.3 cm³/mol. The van der Waals surface area contributed by atoms with Gasteiger partial charge in [-0.1, -0.05) is 12.1 Å². The average Bonchev–Trinajstić information content (AvgIpc) is 3.09. The highest BCUT2D eigenvalue weighted by molar-refractivity contribution is 6.04. The Bertz CT molecular complexity index is 767. The zero-order valence-electron chi connectivity index (χ0n) is 13.7. The number of carbonyl (C=O) groups is 1. The number of aryl methyl sites for hydroxylation is 2. The minimum atomic E-state index is -4.34. The minimum Gasteiger partial charge on any atom is -0.367 e. The van der Waals surface area contributed by atoms with Gasteiger partial charge in [0.25, 0.3) is 5.91 Å². The highest BCUT2D eigenvalue weighted by Gasteiger charge is 2.27. The maximum atomic E-state index is 12.4. The second-order valence-electron chi connectivity index (χ2n) is 6.01. The quantitative estimate of drug-likeness (QED) is 0.898. The summed E-state index contributed by atoms with van der Waals surface area (Å²) in [6, 6.07) is 6.30. The fraction of sp³-hybridized carbons (Fsp3) is 0.412. The fourth-order valence-corrected chi connectivity index (χ4v) is 2.89. The van der Waals surface area contributed by atoms with Gasteiger partial charge in [0.15, 0.2) is 0 Å². The SMILES string of the molecule is Cn1nc2c(c1NC(=O)c1ccc(COCC(F)(F)F)cc1)CCC2. The third-order valence-corrected chi connectivity index (χ3v) is 4.05. The van der Waals surface area contributed by atoms with Crippen LogP contribution in [0.2, 0.25) is 0 Å². The normalized spacial score (nSPS) is 13.8. The van der Waals surface area contributed by atoms with Gasteiger partial charge >= 0.3 is 6.18 Å². The van der Waals surface area contributed by atoms with Crippen LogP contribution in [0.3, 0.4) is 0 Å². The molecule has 0 spiro atoms. The number of halogens is 3. The van der Waals surface area contributed by atoms with Gasteiger partial charge in [-0.15, -0.1) is 0 Å². The van der Waals surface area contributed by atoms with Gasteiger partial charge in [0, 0.05) is 18.2 Å². The molecule has 0 saturated heterocycles. The van der Waals surface area contributed by atoms with Gasteiger partial charge in [0.1, 0.15) is 12.4 Å². The standard InChI is InChI=1S/C17H18F3N3O2/c1-23-15(13-3-2-4-14(13)22-23)21-16(24)12-7-5-11(6-8-12)9-25-10-17(18,19)20/h5-8H,2-4,9-10H2,1H3,(H,21,24). The number of alkyl halides is 3. The van der Waals surface area contributed by atoms with Crippen molar-refractivity contribution in [2.24, 2.45) is 7.05 Å². The predicted octanol–water partition coefficient (Wildman–Crippen LogP) is 3.24. The van der Waals surface area contributed by atoms with Crippen LogP contribution in [0.5, 0.6) is 0 Å². The Hall–Kier alpha value is -2.35. The van der Waals surface area contributed by atoms with Crippen LogP contribution in [0.15, 0.2) is 24.3 Å². The van der Waals surface area contributed by atoms with Crippen LogP contribution in [0.25, 0.3) is 0 Å². The molecule has 0 unspecified atom stereocenters. The highest BCUT2D eigenvalue weighted by Crippen LogP contribution is 2.28. The zero-order chi connectivity index (χ0) is 18.0. The number of hydrogen-bond acceptors (Lipinski definition) is 3. The van der Waals surface area contributed by atoms with Crippen molar-refractivity contribution >= 4 is 11.7 Å². The van der Waals surface area contributed by atoms with Gasteiger partial charge in [-0.25, -0.2) is 0 Å². The number of nitrogens with one attached hydrogen (secondary N) is 1. The molecule has 1 aliphatic rings. The maximum Gasteiger partial charge on any atom is 0.411 e. The summed E-state index contributed by atoms with van der Waals surface area (Å²) < 4.78 is 42.4. The summed E-state index contributed by atoms with van der Waals surface area (Å²) in [6.07, 6.45) is -1.49. The number of ether oxygens (including phenoxy) is 1. The minimum absolute atomic E-state index is 0.156. The average molecular weight is 353 g/mol. The van der Waals surface area contributed by atoms with Crippen LogP contribution in [0.1, 0.15) is 33.6 Å². The number of rotatable bonds is 5. The van der Waals surface area contributed by atoms with Gasteiger partial charge in [0.2, 0.25) is 0 Å². The van der Waals surface area contributed by atoms with Crippen LogP contribution in [0, 0.1) is 0 Å². The largest absolute Gasteiger partial charge is 0.411 e. The molecule has 0 aliphatic heterocycles. The number of amides is 1. The van der Waals surface area contributed by atoms with E-state index in [1.807, 2.05) is 0 Å². The molecule has 1 aromatic heterocycles. The molecule has 0 fully saturated rings. The van der Waals surface area contributed by atoms with E-state index in [2.05, 4.69) is 15.2 Å². The van der Waals surface area contributed by atoms with E-state index in [1.54, 1.807) is 36.0 Å². The lowest BCUT2D eigenvalue weighted by Gasteiger charge is -2.09. The Morgan fingerprint density at radius 2 is 2.00 bits per heavy atom. The Morgan fingerprint density at radius 1 is 1.28 bits per heavy atom. The highest BCUT2D eigenvalue weighted by atomic mass is 19.4. The summed E-state index contributed by atoms with van der Waals surface area (Å²) in [5.74, 6) is 0.426. The van der Waals surface area contributed by atoms with Gasteiger partial charge in [-0.3, -0.25) is 9.48 Å². The molecule has 0 radical (unpaired) electrons. The summed E-state index contributed by atoms with van der Waals surface area (Å²) in [5.41, 5.74) is 3.10. The lowest BCUT2D eigenvalue weighted by atomic mass is 10.1. The summed E-state index contributed by atoms with van der Waals surface area (Å²) in [5, 5.41) is 7.27. The van der Waals surface area contributed by atoms with E-state index in [0.717, 1.165) is 30.5 Å². The Labute approximate surface area is 142 Å². The number of anilines is 1. The summed E-state index contributed by atoms with van der Waals surface area (Å²) in [7, 11) is 1.79. The first-order valence-corrected chi connectivity index (χ1v) is 7.93. The van der Waals surface area contributed by atoms with Gasteiger partial charge < -0.3 is 10.1 Å². The van der Waals surface area contributed by atoms with Gasteiger partial charge in [-0.05, 0) is 37.0 Å². The van der Waals surface area contributed by atoms with Crippen LogP contribution in [-0.4, -0.2) is 28.5 Å². The van der Waals surface area contributed by atoms with Crippen molar-refractivity contribution in [3.05, 3.63) is 46.6 Å². The molecule has 134 valence electrons. The molecule has 0 saturated carbocycles. The van der Waals surface area contributed by atoms with Crippen molar-refractivity contribution in [1.29, 1.82) is 0 Å². The molecular formula is C17H18F3N3O2. The van der Waals surface area contributed by atoms with Gasteiger partial charge in [0.05, 0.1) is 12.3 Å². The van der Waals surface area contributed by atoms with E-state index in [0.29, 0.717) is 16.9 Å². The first-order chi connectivity index (χ1) is 11.8. The van der Waals surface area contributed by atoms with E-state index in [9.17, 15) is 18.0 Å². The number of nitrogens with zero attached hydrogens (tertiary/aromatic N) is 2. The number of aromatic nitrogens is 2. The zero-order valence-corrected chi connectivity index (χ0v) is 13.7. The first kappa shape index (κ1) is 17.5. The summed E-state index contributed by atoms with van der Waals surface area (Å²) >= 11 is 0. The summed E-state index contributed by atoms with van der Waals surface area (Å²) in [6.45, 7) is -1.45. The van der Waals surface area contributed by atoms with E-state index < -0.39 is 12.8 Å². The second kappa shape index (κ2) is 6.87. The number of hydrogen-bond donors (Lipinski definition) is 1. The number of benzene rings is 1. The smallest absolute Gasteiger partial charge is 0.367 e. The molecule has 1 aliphatic carbocycles. The third kappa shape index (κ3) is 4.19. The molecule has 2 aromatic rings. The van der Waals surface area contributed by atoms with Crippen LogP contribution >= 0.6 is 0 Å². The van der Waals surface area contributed by atoms with Crippen molar-refractivity contribution in [3.63, 3.8) is 0 Å². The Kier molecular flexibility index (Phi) is 4.80. The van der Waals surface area contributed by atoms with Crippen LogP contribution in [0.4, 0.5) is 19.0 Å². The number of carbonyl (C=O) groups excluding carboxylic acids is 1. The Morgan fingerprint density at radius 3 is 2.68 bits per heavy atom. The van der Waals surface area contributed by atoms with Crippen molar-refractivity contribution < 1.29 is 22.7 Å². The molecule has 1 aromatic carbocycles. The number of fused-ring (bicyclic) bond motifs is 1. The van der Waals surface area contributed by atoms with E-state index in [-0.39, 0.29) is 12.5 Å². The third-order valence-electron chi connectivity index (χ3n) is 4.05. The molecule has 3 rings (SSSR count). The monoisotopic (exact) mass is 353 g/mol. The summed E-state index contributed by atoms with van der Waals surface area (Å²) in [4.78, 5) is 12.4. The molecule has 1 heterocycles. The molecule has 0 bridgehead atoms. The molecule has 1 amide bonds. The van der Waals surface area contributed by atoms with E-state index in [4.69, 9.17) is 0 Å². The molecular weight excluding hydrogens is 335 g/mol. The first-order valence-electron chi connectivity index (χ1n) is 7.93. The molecule has 0 atom stereocenters. The Balaban J connectivity index is 1.62. The lowest BCUT2D eigenvalue weighted by molar-refractivity contribution is -0.176. The fourth-order valence-electron chi connectivity index (χ4n) is 2.89. The lowest BCUT2D eigenvalue weighted by Crippen LogP contribution is -2.17. The molecule has 1 N–H and O–H groups in total. The van der Waals surface area contributed by atoms with Gasteiger partial charge in [-0.2, -0.15) is 18.3 Å². The van der Waals surface area contributed by atoms with Crippen molar-refractivity contribution in [1.82, 2.24) is 9.78 Å². The second-order valence-corrected chi connectivity index (χ2v) is 6.01. The molecule has 25 heavy (non-hydrogen) atoms. The van der Waals surface area contributed by atoms with Crippen molar-refractivity contribution in [2.75, 3.05) is 11.9 Å². The van der Waals surface area contributed by atoms with Crippen LogP contribution in [-0.2, 0) is 31.2 Å². The van der Waals surface area contributed by atoms with Crippen molar-refractivity contribution in [3.8, 4) is 0 Å². The van der Waals surface area contributed by atoms with Crippen molar-refractivity contribution in [2.45, 2.75) is 32.0 Å². The maximum absolute atomic E-state index is 12.4. The van der Waals surface area contributed by atoms with E-state index >= 15 is 0 Å². The molecule has 5 nitrogen and oxygen atoms in total. The van der Waals surface area contributed by atoms with E-state index in [1.165, 1.54) is 0 Å². The topological polar surface area (TPSA) is 56.2 Å².